The lowest BCUT2D eigenvalue weighted by atomic mass is 10.1. The Labute approximate surface area is 123 Å². The molecule has 0 unspecified atom stereocenters. The summed E-state index contributed by atoms with van der Waals surface area (Å²) in [5.74, 6) is 1.86. The van der Waals surface area contributed by atoms with Gasteiger partial charge in [-0.2, -0.15) is 4.98 Å². The molecule has 112 valence electrons. The van der Waals surface area contributed by atoms with E-state index >= 15 is 0 Å². The van der Waals surface area contributed by atoms with Crippen molar-refractivity contribution in [2.75, 3.05) is 38.2 Å². The van der Waals surface area contributed by atoms with Crippen LogP contribution in [0.1, 0.15) is 5.56 Å². The van der Waals surface area contributed by atoms with Gasteiger partial charge in [-0.1, -0.05) is 6.07 Å². The van der Waals surface area contributed by atoms with Crippen LogP contribution in [0.5, 0.6) is 5.75 Å². The van der Waals surface area contributed by atoms with Crippen LogP contribution >= 0.6 is 0 Å². The number of nitrogens with zero attached hydrogens (tertiary/aromatic N) is 3. The van der Waals surface area contributed by atoms with Crippen molar-refractivity contribution < 1.29 is 9.26 Å². The van der Waals surface area contributed by atoms with Gasteiger partial charge in [0.1, 0.15) is 5.75 Å². The third kappa shape index (κ3) is 2.84. The average molecular weight is 289 g/mol. The number of piperazine rings is 1. The summed E-state index contributed by atoms with van der Waals surface area (Å²) < 4.78 is 10.7. The highest BCUT2D eigenvalue weighted by Crippen LogP contribution is 2.27. The predicted molar refractivity (Wildman–Crippen MR) is 79.3 cm³/mol. The monoisotopic (exact) mass is 289 g/mol. The van der Waals surface area contributed by atoms with Gasteiger partial charge in [-0.05, 0) is 17.3 Å². The summed E-state index contributed by atoms with van der Waals surface area (Å²) >= 11 is 0. The summed E-state index contributed by atoms with van der Waals surface area (Å²) in [6.45, 7) is 4.06. The zero-order valence-corrected chi connectivity index (χ0v) is 12.0. The second kappa shape index (κ2) is 6.11. The number of ether oxygens (including phenoxy) is 1. The molecule has 7 heteroatoms. The van der Waals surface area contributed by atoms with E-state index in [9.17, 15) is 0 Å². The summed E-state index contributed by atoms with van der Waals surface area (Å²) in [4.78, 5) is 6.57. The minimum atomic E-state index is 0.430. The molecule has 7 nitrogen and oxygen atoms in total. The number of hydrogen-bond donors (Lipinski definition) is 2. The second-order valence-corrected chi connectivity index (χ2v) is 4.87. The SMILES string of the molecule is COc1cc(-c2nc(N3CCNCC3)no2)ccc1CN. The third-order valence-electron chi connectivity index (χ3n) is 3.57. The van der Waals surface area contributed by atoms with Crippen LogP contribution in [-0.2, 0) is 6.54 Å². The summed E-state index contributed by atoms with van der Waals surface area (Å²) in [5.41, 5.74) is 7.45. The highest BCUT2D eigenvalue weighted by molar-refractivity contribution is 5.59. The highest BCUT2D eigenvalue weighted by atomic mass is 16.5. The van der Waals surface area contributed by atoms with Crippen LogP contribution in [0.2, 0.25) is 0 Å². The van der Waals surface area contributed by atoms with Gasteiger partial charge in [-0.15, -0.1) is 0 Å². The van der Waals surface area contributed by atoms with Crippen molar-refractivity contribution in [3.63, 3.8) is 0 Å². The molecule has 3 rings (SSSR count). The lowest BCUT2D eigenvalue weighted by molar-refractivity contribution is 0.408. The number of methoxy groups -OCH3 is 1. The van der Waals surface area contributed by atoms with Gasteiger partial charge in [-0.25, -0.2) is 0 Å². The number of rotatable bonds is 4. The van der Waals surface area contributed by atoms with E-state index in [4.69, 9.17) is 15.0 Å². The van der Waals surface area contributed by atoms with Crippen LogP contribution in [0, 0.1) is 0 Å². The minimum absolute atomic E-state index is 0.430. The number of aromatic nitrogens is 2. The van der Waals surface area contributed by atoms with Crippen LogP contribution in [0.15, 0.2) is 22.7 Å². The summed E-state index contributed by atoms with van der Waals surface area (Å²) in [6, 6.07) is 5.71. The molecule has 0 saturated carbocycles. The Bertz CT molecular complexity index is 607. The number of anilines is 1. The standard InChI is InChI=1S/C14H19N5O2/c1-20-12-8-10(2-3-11(12)9-15)13-17-14(18-21-13)19-6-4-16-5-7-19/h2-3,8,16H,4-7,9,15H2,1H3. The molecular weight excluding hydrogens is 270 g/mol. The van der Waals surface area contributed by atoms with Gasteiger partial charge >= 0.3 is 0 Å². The van der Waals surface area contributed by atoms with Crippen molar-refractivity contribution in [2.45, 2.75) is 6.54 Å². The number of nitrogens with two attached hydrogens (primary N) is 1. The molecule has 0 atom stereocenters. The molecule has 3 N–H and O–H groups in total. The molecule has 1 saturated heterocycles. The summed E-state index contributed by atoms with van der Waals surface area (Å²) in [7, 11) is 1.62. The predicted octanol–water partition coefficient (Wildman–Crippen LogP) is 0.613. The van der Waals surface area contributed by atoms with Gasteiger partial charge in [0, 0.05) is 43.9 Å². The van der Waals surface area contributed by atoms with E-state index in [2.05, 4.69) is 20.4 Å². The smallest absolute Gasteiger partial charge is 0.266 e. The average Bonchev–Trinajstić information content (AvgIpc) is 3.05. The Morgan fingerprint density at radius 1 is 1.38 bits per heavy atom. The zero-order chi connectivity index (χ0) is 14.7. The van der Waals surface area contributed by atoms with E-state index in [0.717, 1.165) is 43.1 Å². The zero-order valence-electron chi connectivity index (χ0n) is 12.0. The fraction of sp³-hybridized carbons (Fsp3) is 0.429. The molecule has 0 aliphatic carbocycles. The largest absolute Gasteiger partial charge is 0.496 e. The first-order valence-corrected chi connectivity index (χ1v) is 6.98. The van der Waals surface area contributed by atoms with Crippen LogP contribution < -0.4 is 20.7 Å². The van der Waals surface area contributed by atoms with Crippen molar-refractivity contribution in [1.29, 1.82) is 0 Å². The molecular formula is C14H19N5O2. The first-order valence-electron chi connectivity index (χ1n) is 6.98. The van der Waals surface area contributed by atoms with Crippen molar-refractivity contribution in [3.05, 3.63) is 23.8 Å². The first-order chi connectivity index (χ1) is 10.3. The molecule has 0 bridgehead atoms. The van der Waals surface area contributed by atoms with E-state index in [1.165, 1.54) is 0 Å². The number of hydrogen-bond acceptors (Lipinski definition) is 7. The molecule has 1 aromatic heterocycles. The molecule has 1 fully saturated rings. The lowest BCUT2D eigenvalue weighted by Gasteiger charge is -2.25. The Balaban J connectivity index is 1.85. The Kier molecular flexibility index (Phi) is 4.03. The van der Waals surface area contributed by atoms with E-state index in [-0.39, 0.29) is 0 Å². The molecule has 2 aromatic rings. The quantitative estimate of drug-likeness (QED) is 0.852. The van der Waals surface area contributed by atoms with Gasteiger partial charge in [0.15, 0.2) is 0 Å². The van der Waals surface area contributed by atoms with E-state index < -0.39 is 0 Å². The maximum absolute atomic E-state index is 5.67. The molecule has 0 radical (unpaired) electrons. The molecule has 0 spiro atoms. The Morgan fingerprint density at radius 2 is 2.19 bits per heavy atom. The van der Waals surface area contributed by atoms with Crippen LogP contribution in [0.25, 0.3) is 11.5 Å². The molecule has 1 aromatic carbocycles. The van der Waals surface area contributed by atoms with Gasteiger partial charge in [0.2, 0.25) is 0 Å². The number of nitrogens with one attached hydrogen (secondary N) is 1. The van der Waals surface area contributed by atoms with Crippen molar-refractivity contribution in [2.24, 2.45) is 5.73 Å². The fourth-order valence-electron chi connectivity index (χ4n) is 2.37. The maximum Gasteiger partial charge on any atom is 0.266 e. The van der Waals surface area contributed by atoms with Crippen molar-refractivity contribution >= 4 is 5.95 Å². The van der Waals surface area contributed by atoms with Gasteiger partial charge in [-0.3, -0.25) is 0 Å². The summed E-state index contributed by atoms with van der Waals surface area (Å²) in [6.07, 6.45) is 0. The number of benzene rings is 1. The van der Waals surface area contributed by atoms with Crippen LogP contribution in [0.4, 0.5) is 5.95 Å². The van der Waals surface area contributed by atoms with E-state index in [1.807, 2.05) is 18.2 Å². The van der Waals surface area contributed by atoms with Crippen molar-refractivity contribution in [1.82, 2.24) is 15.5 Å². The molecule has 2 heterocycles. The highest BCUT2D eigenvalue weighted by Gasteiger charge is 2.18. The molecule has 1 aliphatic rings. The van der Waals surface area contributed by atoms with Gasteiger partial charge in [0.05, 0.1) is 7.11 Å². The maximum atomic E-state index is 5.67. The third-order valence-corrected chi connectivity index (χ3v) is 3.57. The second-order valence-electron chi connectivity index (χ2n) is 4.87. The topological polar surface area (TPSA) is 89.4 Å². The van der Waals surface area contributed by atoms with E-state index in [1.54, 1.807) is 7.11 Å². The molecule has 21 heavy (non-hydrogen) atoms. The minimum Gasteiger partial charge on any atom is -0.496 e. The van der Waals surface area contributed by atoms with Crippen LogP contribution in [0.3, 0.4) is 0 Å². The Hall–Kier alpha value is -2.12. The normalized spacial score (nSPS) is 15.2. The fourth-order valence-corrected chi connectivity index (χ4v) is 2.37. The van der Waals surface area contributed by atoms with Crippen LogP contribution in [-0.4, -0.2) is 43.4 Å². The molecule has 0 amide bonds. The first kappa shape index (κ1) is 13.8. The van der Waals surface area contributed by atoms with Gasteiger partial charge in [0.25, 0.3) is 11.8 Å². The van der Waals surface area contributed by atoms with E-state index in [0.29, 0.717) is 18.4 Å². The van der Waals surface area contributed by atoms with Crippen molar-refractivity contribution in [3.8, 4) is 17.2 Å². The van der Waals surface area contributed by atoms with Gasteiger partial charge < -0.3 is 25.2 Å². The lowest BCUT2D eigenvalue weighted by Crippen LogP contribution is -2.44. The molecule has 1 aliphatic heterocycles. The summed E-state index contributed by atoms with van der Waals surface area (Å²) in [5, 5.41) is 7.36. The Morgan fingerprint density at radius 3 is 2.90 bits per heavy atom.